The summed E-state index contributed by atoms with van der Waals surface area (Å²) in [4.78, 5) is 22.1. The lowest BCUT2D eigenvalue weighted by atomic mass is 10.1. The second-order valence-corrected chi connectivity index (χ2v) is 5.32. The average Bonchev–Trinajstić information content (AvgIpc) is 2.39. The van der Waals surface area contributed by atoms with Gasteiger partial charge in [0.15, 0.2) is 5.60 Å². The van der Waals surface area contributed by atoms with Gasteiger partial charge in [0.05, 0.1) is 19.6 Å². The number of carbonyl (C=O) groups is 2. The van der Waals surface area contributed by atoms with Crippen LogP contribution in [0.5, 0.6) is 5.75 Å². The molecule has 110 valence electrons. The minimum atomic E-state index is -1.97. The Balaban J connectivity index is 2.27. The van der Waals surface area contributed by atoms with Gasteiger partial charge < -0.3 is 20.3 Å². The third kappa shape index (κ3) is 5.58. The van der Waals surface area contributed by atoms with Crippen LogP contribution in [0.4, 0.5) is 0 Å². The van der Waals surface area contributed by atoms with E-state index < -0.39 is 11.6 Å². The van der Waals surface area contributed by atoms with Gasteiger partial charge in [0.2, 0.25) is 5.91 Å². The summed E-state index contributed by atoms with van der Waals surface area (Å²) in [6.45, 7) is 0.941. The first-order valence-electron chi connectivity index (χ1n) is 5.92. The van der Waals surface area contributed by atoms with E-state index in [1.165, 1.54) is 0 Å². The Bertz CT molecular complexity index is 472. The molecule has 0 saturated carbocycles. The van der Waals surface area contributed by atoms with Crippen molar-refractivity contribution in [1.82, 2.24) is 5.32 Å². The molecule has 1 aromatic rings. The number of halogens is 1. The highest BCUT2D eigenvalue weighted by molar-refractivity contribution is 9.10. The Morgan fingerprint density at radius 2 is 1.95 bits per heavy atom. The number of rotatable bonds is 7. The van der Waals surface area contributed by atoms with Crippen LogP contribution < -0.4 is 10.1 Å². The third-order valence-corrected chi connectivity index (χ3v) is 3.03. The van der Waals surface area contributed by atoms with Crippen LogP contribution in [0.1, 0.15) is 13.3 Å². The summed E-state index contributed by atoms with van der Waals surface area (Å²) in [7, 11) is 0. The highest BCUT2D eigenvalue weighted by atomic mass is 79.9. The molecule has 20 heavy (non-hydrogen) atoms. The van der Waals surface area contributed by atoms with Gasteiger partial charge in [-0.15, -0.1) is 0 Å². The zero-order chi connectivity index (χ0) is 15.2. The molecule has 0 fully saturated rings. The molecule has 0 bridgehead atoms. The number of benzene rings is 1. The maximum atomic E-state index is 11.5. The van der Waals surface area contributed by atoms with Gasteiger partial charge in [-0.3, -0.25) is 4.79 Å². The Morgan fingerprint density at radius 3 is 2.50 bits per heavy atom. The van der Waals surface area contributed by atoms with E-state index in [0.717, 1.165) is 11.4 Å². The lowest BCUT2D eigenvalue weighted by Crippen LogP contribution is -2.46. The van der Waals surface area contributed by atoms with Crippen LogP contribution in [-0.4, -0.2) is 40.8 Å². The molecule has 1 rings (SSSR count). The minimum Gasteiger partial charge on any atom is -0.493 e. The van der Waals surface area contributed by atoms with E-state index in [1.54, 1.807) is 12.1 Å². The molecule has 6 nitrogen and oxygen atoms in total. The normalized spacial score (nSPS) is 13.3. The standard InChI is InChI=1S/C13H16BrNO5/c1-13(19,12(17)18)8-15-11(16)6-7-20-10-4-2-9(14)3-5-10/h2-5,19H,6-8H2,1H3,(H,15,16)(H,17,18). The second-order valence-electron chi connectivity index (χ2n) is 4.41. The lowest BCUT2D eigenvalue weighted by molar-refractivity contribution is -0.156. The van der Waals surface area contributed by atoms with E-state index in [0.29, 0.717) is 5.75 Å². The van der Waals surface area contributed by atoms with E-state index in [2.05, 4.69) is 21.2 Å². The van der Waals surface area contributed by atoms with Crippen molar-refractivity contribution in [2.24, 2.45) is 0 Å². The van der Waals surface area contributed by atoms with Crippen molar-refractivity contribution >= 4 is 27.8 Å². The molecule has 1 atom stereocenters. The molecule has 0 aliphatic carbocycles. The molecule has 0 saturated heterocycles. The molecule has 3 N–H and O–H groups in total. The number of ether oxygens (including phenoxy) is 1. The number of nitrogens with one attached hydrogen (secondary N) is 1. The zero-order valence-corrected chi connectivity index (χ0v) is 12.5. The smallest absolute Gasteiger partial charge is 0.337 e. The summed E-state index contributed by atoms with van der Waals surface area (Å²) in [6, 6.07) is 7.16. The van der Waals surface area contributed by atoms with Crippen LogP contribution >= 0.6 is 15.9 Å². The van der Waals surface area contributed by atoms with E-state index in [9.17, 15) is 14.7 Å². The molecule has 1 unspecified atom stereocenters. The fourth-order valence-electron chi connectivity index (χ4n) is 1.23. The van der Waals surface area contributed by atoms with Gasteiger partial charge in [0.1, 0.15) is 5.75 Å². The van der Waals surface area contributed by atoms with Gasteiger partial charge in [-0.1, -0.05) is 15.9 Å². The fraction of sp³-hybridized carbons (Fsp3) is 0.385. The molecule has 0 heterocycles. The SMILES string of the molecule is CC(O)(CNC(=O)CCOc1ccc(Br)cc1)C(=O)O. The number of hydrogen-bond acceptors (Lipinski definition) is 4. The van der Waals surface area contributed by atoms with Gasteiger partial charge in [0.25, 0.3) is 0 Å². The number of carboxylic acid groups (broad SMARTS) is 1. The summed E-state index contributed by atoms with van der Waals surface area (Å²) in [6.07, 6.45) is 0.0752. The fourth-order valence-corrected chi connectivity index (χ4v) is 1.49. The number of aliphatic carboxylic acids is 1. The molecule has 0 aliphatic heterocycles. The van der Waals surface area contributed by atoms with Crippen molar-refractivity contribution in [3.63, 3.8) is 0 Å². The molecule has 1 amide bonds. The molecule has 0 aromatic heterocycles. The van der Waals surface area contributed by atoms with Gasteiger partial charge in [-0.25, -0.2) is 4.79 Å². The predicted octanol–water partition coefficient (Wildman–Crippen LogP) is 1.17. The number of carboxylic acids is 1. The molecule has 0 spiro atoms. The van der Waals surface area contributed by atoms with Crippen LogP contribution in [-0.2, 0) is 9.59 Å². The van der Waals surface area contributed by atoms with Crippen LogP contribution in [0.15, 0.2) is 28.7 Å². The van der Waals surface area contributed by atoms with Crippen LogP contribution in [0.2, 0.25) is 0 Å². The lowest BCUT2D eigenvalue weighted by Gasteiger charge is -2.18. The van der Waals surface area contributed by atoms with E-state index >= 15 is 0 Å². The van der Waals surface area contributed by atoms with Gasteiger partial charge >= 0.3 is 5.97 Å². The minimum absolute atomic E-state index is 0.0752. The molecule has 1 aromatic carbocycles. The van der Waals surface area contributed by atoms with Crippen molar-refractivity contribution in [2.45, 2.75) is 18.9 Å². The third-order valence-electron chi connectivity index (χ3n) is 2.50. The number of carbonyl (C=O) groups excluding carboxylic acids is 1. The van der Waals surface area contributed by atoms with E-state index in [-0.39, 0.29) is 25.5 Å². The van der Waals surface area contributed by atoms with Gasteiger partial charge in [-0.2, -0.15) is 0 Å². The Labute approximate surface area is 124 Å². The van der Waals surface area contributed by atoms with E-state index in [4.69, 9.17) is 9.84 Å². The zero-order valence-electron chi connectivity index (χ0n) is 10.9. The first-order valence-corrected chi connectivity index (χ1v) is 6.71. The quantitative estimate of drug-likeness (QED) is 0.689. The summed E-state index contributed by atoms with van der Waals surface area (Å²) in [5, 5.41) is 20.4. The van der Waals surface area contributed by atoms with Crippen molar-refractivity contribution in [1.29, 1.82) is 0 Å². The first-order chi connectivity index (χ1) is 9.31. The largest absolute Gasteiger partial charge is 0.493 e. The average molecular weight is 346 g/mol. The monoisotopic (exact) mass is 345 g/mol. The molecule has 0 aliphatic rings. The maximum absolute atomic E-state index is 11.5. The highest BCUT2D eigenvalue weighted by Crippen LogP contribution is 2.16. The summed E-state index contributed by atoms with van der Waals surface area (Å²) in [5.41, 5.74) is -1.97. The van der Waals surface area contributed by atoms with Gasteiger partial charge in [0, 0.05) is 4.47 Å². The maximum Gasteiger partial charge on any atom is 0.337 e. The van der Waals surface area contributed by atoms with Crippen LogP contribution in [0.3, 0.4) is 0 Å². The summed E-state index contributed by atoms with van der Waals surface area (Å²) in [5.74, 6) is -1.13. The molecular formula is C13H16BrNO5. The predicted molar refractivity (Wildman–Crippen MR) is 75.5 cm³/mol. The molecular weight excluding hydrogens is 330 g/mol. The first kappa shape index (κ1) is 16.5. The summed E-state index contributed by atoms with van der Waals surface area (Å²) < 4.78 is 6.28. The summed E-state index contributed by atoms with van der Waals surface area (Å²) >= 11 is 3.30. The Kier molecular flexibility index (Phi) is 5.97. The number of hydrogen-bond donors (Lipinski definition) is 3. The van der Waals surface area contributed by atoms with Crippen LogP contribution in [0, 0.1) is 0 Å². The van der Waals surface area contributed by atoms with Crippen LogP contribution in [0.25, 0.3) is 0 Å². The topological polar surface area (TPSA) is 95.9 Å². The Hall–Kier alpha value is -1.60. The van der Waals surface area contributed by atoms with Gasteiger partial charge in [-0.05, 0) is 31.2 Å². The molecule has 0 radical (unpaired) electrons. The Morgan fingerprint density at radius 1 is 1.35 bits per heavy atom. The number of amides is 1. The second kappa shape index (κ2) is 7.25. The van der Waals surface area contributed by atoms with E-state index in [1.807, 2.05) is 12.1 Å². The van der Waals surface area contributed by atoms with Crippen molar-refractivity contribution < 1.29 is 24.5 Å². The highest BCUT2D eigenvalue weighted by Gasteiger charge is 2.30. The molecule has 7 heteroatoms. The number of aliphatic hydroxyl groups is 1. The van der Waals surface area contributed by atoms with Crippen molar-refractivity contribution in [3.8, 4) is 5.75 Å². The van der Waals surface area contributed by atoms with Crippen molar-refractivity contribution in [3.05, 3.63) is 28.7 Å². The van der Waals surface area contributed by atoms with Crippen molar-refractivity contribution in [2.75, 3.05) is 13.2 Å².